The molecule has 1 aromatic carbocycles. The van der Waals surface area contributed by atoms with Crippen LogP contribution in [0.5, 0.6) is 0 Å². The number of guanidine groups is 1. The van der Waals surface area contributed by atoms with Gasteiger partial charge in [-0.2, -0.15) is 0 Å². The van der Waals surface area contributed by atoms with Gasteiger partial charge in [0.15, 0.2) is 5.96 Å². The highest BCUT2D eigenvalue weighted by Gasteiger charge is 2.10. The fourth-order valence-electron chi connectivity index (χ4n) is 2.58. The maximum absolute atomic E-state index is 10.2. The number of nitrogens with zero attached hydrogens (tertiary/aromatic N) is 2. The van der Waals surface area contributed by atoms with Crippen LogP contribution in [0.3, 0.4) is 0 Å². The molecule has 2 atom stereocenters. The van der Waals surface area contributed by atoms with Crippen LogP contribution >= 0.6 is 35.3 Å². The van der Waals surface area contributed by atoms with Crippen LogP contribution in [0, 0.1) is 0 Å². The lowest BCUT2D eigenvalue weighted by Gasteiger charge is -2.16. The summed E-state index contributed by atoms with van der Waals surface area (Å²) < 4.78 is 5.77. The fraction of sp³-hybridized carbons (Fsp3) is 0.524. The molecule has 2 aromatic rings. The maximum Gasteiger partial charge on any atom is 0.191 e. The van der Waals surface area contributed by atoms with Gasteiger partial charge in [-0.05, 0) is 25.8 Å². The zero-order valence-electron chi connectivity index (χ0n) is 17.4. The predicted octanol–water partition coefficient (Wildman–Crippen LogP) is 3.56. The Bertz CT molecular complexity index is 712. The van der Waals surface area contributed by atoms with Crippen LogP contribution < -0.4 is 10.6 Å². The summed E-state index contributed by atoms with van der Waals surface area (Å²) in [4.78, 5) is 10.2. The van der Waals surface area contributed by atoms with Crippen molar-refractivity contribution in [2.75, 3.05) is 26.2 Å². The number of aryl methyl sites for hydroxylation is 1. The molecule has 0 amide bonds. The van der Waals surface area contributed by atoms with Crippen LogP contribution in [-0.2, 0) is 17.6 Å². The first-order valence-corrected chi connectivity index (χ1v) is 10.7. The number of nitrogens with one attached hydrogen (secondary N) is 2. The van der Waals surface area contributed by atoms with Gasteiger partial charge in [0.05, 0.1) is 30.4 Å². The summed E-state index contributed by atoms with van der Waals surface area (Å²) in [6.07, 6.45) is 3.13. The highest BCUT2D eigenvalue weighted by molar-refractivity contribution is 14.0. The van der Waals surface area contributed by atoms with Gasteiger partial charge in [-0.1, -0.05) is 37.3 Å². The number of ether oxygens (including phenoxy) is 1. The molecular weight excluding hydrogens is 499 g/mol. The van der Waals surface area contributed by atoms with Gasteiger partial charge in [0.1, 0.15) is 0 Å². The Morgan fingerprint density at radius 2 is 2.00 bits per heavy atom. The summed E-state index contributed by atoms with van der Waals surface area (Å²) in [5.41, 5.74) is 1.10. The first-order valence-electron chi connectivity index (χ1n) is 9.92. The van der Waals surface area contributed by atoms with Crippen LogP contribution in [0.25, 0.3) is 0 Å². The Morgan fingerprint density at radius 3 is 2.66 bits per heavy atom. The summed E-state index contributed by atoms with van der Waals surface area (Å²) in [7, 11) is 0. The van der Waals surface area contributed by atoms with Crippen molar-refractivity contribution < 1.29 is 9.84 Å². The number of hydrogen-bond acceptors (Lipinski definition) is 5. The Labute approximate surface area is 195 Å². The lowest BCUT2D eigenvalue weighted by molar-refractivity contribution is 0.00112. The van der Waals surface area contributed by atoms with E-state index in [0.29, 0.717) is 5.96 Å². The van der Waals surface area contributed by atoms with Gasteiger partial charge in [-0.3, -0.25) is 4.99 Å². The molecule has 2 rings (SSSR count). The molecule has 1 aromatic heterocycles. The minimum absolute atomic E-state index is 0. The normalized spacial score (nSPS) is 13.4. The summed E-state index contributed by atoms with van der Waals surface area (Å²) in [5, 5.41) is 17.8. The number of rotatable bonds is 11. The predicted molar refractivity (Wildman–Crippen MR) is 131 cm³/mol. The minimum Gasteiger partial charge on any atom is -0.389 e. The second kappa shape index (κ2) is 14.7. The molecule has 0 radical (unpaired) electrons. The number of benzene rings is 1. The fourth-order valence-corrected chi connectivity index (χ4v) is 3.44. The number of thiazole rings is 1. The molecule has 0 aliphatic heterocycles. The van der Waals surface area contributed by atoms with Crippen LogP contribution in [0.4, 0.5) is 0 Å². The van der Waals surface area contributed by atoms with Crippen molar-refractivity contribution in [1.29, 1.82) is 0 Å². The molecule has 29 heavy (non-hydrogen) atoms. The number of halogens is 1. The van der Waals surface area contributed by atoms with E-state index in [2.05, 4.69) is 27.5 Å². The van der Waals surface area contributed by atoms with Gasteiger partial charge in [0.25, 0.3) is 0 Å². The minimum atomic E-state index is -0.646. The third kappa shape index (κ3) is 9.88. The highest BCUT2D eigenvalue weighted by atomic mass is 127. The molecule has 0 spiro atoms. The van der Waals surface area contributed by atoms with Crippen molar-refractivity contribution in [2.24, 2.45) is 4.99 Å². The van der Waals surface area contributed by atoms with E-state index in [-0.39, 0.29) is 43.2 Å². The Hall–Kier alpha value is -1.23. The van der Waals surface area contributed by atoms with E-state index in [9.17, 15) is 5.11 Å². The quantitative estimate of drug-likeness (QED) is 0.235. The molecule has 6 nitrogen and oxygen atoms in total. The smallest absolute Gasteiger partial charge is 0.191 e. The van der Waals surface area contributed by atoms with Gasteiger partial charge >= 0.3 is 0 Å². The van der Waals surface area contributed by atoms with Crippen molar-refractivity contribution in [3.63, 3.8) is 0 Å². The molecule has 0 fully saturated rings. The molecule has 162 valence electrons. The molecule has 0 saturated heterocycles. The van der Waals surface area contributed by atoms with Crippen LogP contribution in [-0.4, -0.2) is 48.4 Å². The monoisotopic (exact) mass is 532 g/mol. The Morgan fingerprint density at radius 1 is 1.24 bits per heavy atom. The van der Waals surface area contributed by atoms with E-state index in [1.165, 1.54) is 4.88 Å². The average Bonchev–Trinajstić information content (AvgIpc) is 3.19. The molecule has 0 aliphatic rings. The topological polar surface area (TPSA) is 78.8 Å². The Kier molecular flexibility index (Phi) is 13.1. The van der Waals surface area contributed by atoms with Crippen molar-refractivity contribution in [3.05, 3.63) is 52.0 Å². The third-order valence-corrected chi connectivity index (χ3v) is 5.39. The number of aliphatic hydroxyl groups is 1. The van der Waals surface area contributed by atoms with Crippen LogP contribution in [0.2, 0.25) is 0 Å². The summed E-state index contributed by atoms with van der Waals surface area (Å²) in [6.45, 7) is 8.19. The Balaban J connectivity index is 0.00000420. The maximum atomic E-state index is 10.2. The van der Waals surface area contributed by atoms with E-state index in [4.69, 9.17) is 4.74 Å². The molecule has 3 N–H and O–H groups in total. The van der Waals surface area contributed by atoms with Crippen molar-refractivity contribution in [3.8, 4) is 0 Å². The SMILES string of the molecule is CCNC(=NCC(O)COC(C)c1ccccc1)NCCc1ncc(CC)s1.I. The van der Waals surface area contributed by atoms with Gasteiger partial charge in [-0.25, -0.2) is 4.98 Å². The molecular formula is C21H33IN4O2S. The third-order valence-electron chi connectivity index (χ3n) is 4.19. The largest absolute Gasteiger partial charge is 0.389 e. The first-order chi connectivity index (χ1) is 13.6. The van der Waals surface area contributed by atoms with E-state index in [0.717, 1.165) is 36.5 Å². The average molecular weight is 532 g/mol. The van der Waals surface area contributed by atoms with Crippen molar-refractivity contribution >= 4 is 41.3 Å². The number of aromatic nitrogens is 1. The van der Waals surface area contributed by atoms with Crippen LogP contribution in [0.15, 0.2) is 41.5 Å². The summed E-state index contributed by atoms with van der Waals surface area (Å²) in [5.74, 6) is 0.699. The van der Waals surface area contributed by atoms with E-state index in [1.54, 1.807) is 11.3 Å². The van der Waals surface area contributed by atoms with Crippen LogP contribution in [0.1, 0.15) is 42.3 Å². The number of aliphatic hydroxyl groups excluding tert-OH is 1. The van der Waals surface area contributed by atoms with Gasteiger partial charge in [0.2, 0.25) is 0 Å². The van der Waals surface area contributed by atoms with Gasteiger partial charge in [0, 0.05) is 30.6 Å². The molecule has 0 saturated carbocycles. The second-order valence-electron chi connectivity index (χ2n) is 6.51. The van der Waals surface area contributed by atoms with E-state index >= 15 is 0 Å². The second-order valence-corrected chi connectivity index (χ2v) is 7.71. The van der Waals surface area contributed by atoms with E-state index in [1.807, 2.05) is 50.4 Å². The lowest BCUT2D eigenvalue weighted by Crippen LogP contribution is -2.39. The van der Waals surface area contributed by atoms with Gasteiger partial charge in [-0.15, -0.1) is 35.3 Å². The van der Waals surface area contributed by atoms with E-state index < -0.39 is 6.10 Å². The molecule has 0 aliphatic carbocycles. The zero-order valence-corrected chi connectivity index (χ0v) is 20.6. The number of hydrogen-bond donors (Lipinski definition) is 3. The summed E-state index contributed by atoms with van der Waals surface area (Å²) in [6, 6.07) is 9.99. The lowest BCUT2D eigenvalue weighted by atomic mass is 10.1. The summed E-state index contributed by atoms with van der Waals surface area (Å²) >= 11 is 1.76. The van der Waals surface area contributed by atoms with Gasteiger partial charge < -0.3 is 20.5 Å². The van der Waals surface area contributed by atoms with Crippen molar-refractivity contribution in [1.82, 2.24) is 15.6 Å². The van der Waals surface area contributed by atoms with Crippen molar-refractivity contribution in [2.45, 2.75) is 45.8 Å². The molecule has 8 heteroatoms. The molecule has 2 unspecified atom stereocenters. The first kappa shape index (κ1) is 25.8. The number of aliphatic imine (C=N–C) groups is 1. The highest BCUT2D eigenvalue weighted by Crippen LogP contribution is 2.16. The molecule has 1 heterocycles. The zero-order chi connectivity index (χ0) is 20.2. The molecule has 0 bridgehead atoms. The standard InChI is InChI=1S/C21H32N4O2S.HI/c1-4-19-14-24-20(28-19)11-12-23-21(22-5-2)25-13-18(26)15-27-16(3)17-9-7-6-8-10-17;/h6-10,14,16,18,26H,4-5,11-13,15H2,1-3H3,(H2,22,23,25);1H.